The summed E-state index contributed by atoms with van der Waals surface area (Å²) in [6, 6.07) is 0. The summed E-state index contributed by atoms with van der Waals surface area (Å²) in [6.45, 7) is 0. The van der Waals surface area contributed by atoms with Gasteiger partial charge in [-0.1, -0.05) is 0 Å². The maximum absolute atomic E-state index is 9.39. The van der Waals surface area contributed by atoms with Crippen LogP contribution in [-0.4, -0.2) is 12.4 Å². The molecule has 6 heavy (non-hydrogen) atoms. The summed E-state index contributed by atoms with van der Waals surface area (Å²) in [4.78, 5) is 9.39. The van der Waals surface area contributed by atoms with Gasteiger partial charge in [0.05, 0.1) is 0 Å². The second-order valence-electron chi connectivity index (χ2n) is 0.744. The van der Waals surface area contributed by atoms with Gasteiger partial charge in [0, 0.05) is 6.42 Å². The molecule has 0 aliphatic heterocycles. The molecular formula is C3H8ClOP. The number of halogens is 1. The Labute approximate surface area is 46.1 Å². The van der Waals surface area contributed by atoms with Gasteiger partial charge in [-0.05, 0) is 6.16 Å². The van der Waals surface area contributed by atoms with E-state index in [1.807, 2.05) is 0 Å². The SMILES string of the molecule is Cl.O=CCCP. The molecule has 1 unspecified atom stereocenters. The van der Waals surface area contributed by atoms with Crippen molar-refractivity contribution < 1.29 is 4.79 Å². The Balaban J connectivity index is 0. The molecule has 1 nitrogen and oxygen atoms in total. The van der Waals surface area contributed by atoms with Gasteiger partial charge in [0.1, 0.15) is 6.29 Å². The van der Waals surface area contributed by atoms with E-state index in [1.165, 1.54) is 0 Å². The third kappa shape index (κ3) is 8.83. The van der Waals surface area contributed by atoms with Crippen LogP contribution >= 0.6 is 21.6 Å². The number of hydrogen-bond acceptors (Lipinski definition) is 1. The first-order valence-electron chi connectivity index (χ1n) is 1.55. The lowest BCUT2D eigenvalue weighted by atomic mass is 10.6. The maximum Gasteiger partial charge on any atom is 0.120 e. The Morgan fingerprint density at radius 1 is 1.67 bits per heavy atom. The number of carbonyl (C=O) groups is 1. The van der Waals surface area contributed by atoms with E-state index in [-0.39, 0.29) is 12.4 Å². The number of rotatable bonds is 2. The van der Waals surface area contributed by atoms with Crippen molar-refractivity contribution in [1.29, 1.82) is 0 Å². The highest BCUT2D eigenvalue weighted by atomic mass is 35.5. The summed E-state index contributed by atoms with van der Waals surface area (Å²) in [6.07, 6.45) is 2.47. The molecule has 38 valence electrons. The topological polar surface area (TPSA) is 17.1 Å². The Hall–Kier alpha value is 0.390. The molecule has 0 aliphatic rings. The summed E-state index contributed by atoms with van der Waals surface area (Å²) < 4.78 is 0. The van der Waals surface area contributed by atoms with Crippen LogP contribution in [0.25, 0.3) is 0 Å². The van der Waals surface area contributed by atoms with Gasteiger partial charge in [-0.3, -0.25) is 0 Å². The molecule has 3 heteroatoms. The molecule has 0 aromatic heterocycles. The van der Waals surface area contributed by atoms with Crippen molar-refractivity contribution >= 4 is 27.9 Å². The zero-order valence-electron chi connectivity index (χ0n) is 3.39. The molecule has 0 saturated heterocycles. The minimum atomic E-state index is 0. The van der Waals surface area contributed by atoms with Crippen LogP contribution in [0.3, 0.4) is 0 Å². The minimum Gasteiger partial charge on any atom is -0.303 e. The number of hydrogen-bond donors (Lipinski definition) is 0. The molecule has 0 bridgehead atoms. The lowest BCUT2D eigenvalue weighted by Crippen LogP contribution is -1.69. The van der Waals surface area contributed by atoms with E-state index >= 15 is 0 Å². The fraction of sp³-hybridized carbons (Fsp3) is 0.667. The first-order valence-corrected chi connectivity index (χ1v) is 2.37. The second-order valence-corrected chi connectivity index (χ2v) is 1.32. The van der Waals surface area contributed by atoms with E-state index in [9.17, 15) is 4.79 Å². The molecule has 0 fully saturated rings. The predicted octanol–water partition coefficient (Wildman–Crippen LogP) is 0.872. The summed E-state index contributed by atoms with van der Waals surface area (Å²) in [5, 5.41) is 0. The van der Waals surface area contributed by atoms with Crippen molar-refractivity contribution in [2.75, 3.05) is 6.16 Å². The summed E-state index contributed by atoms with van der Waals surface area (Å²) in [7, 11) is 2.47. The molecule has 1 atom stereocenters. The van der Waals surface area contributed by atoms with Gasteiger partial charge in [0.15, 0.2) is 0 Å². The normalized spacial score (nSPS) is 6.17. The Bertz CT molecular complexity index is 32.0. The molecule has 0 rings (SSSR count). The van der Waals surface area contributed by atoms with Crippen LogP contribution in [-0.2, 0) is 4.79 Å². The molecule has 0 aromatic rings. The van der Waals surface area contributed by atoms with E-state index in [1.54, 1.807) is 0 Å². The average molecular weight is 127 g/mol. The van der Waals surface area contributed by atoms with E-state index in [0.717, 1.165) is 12.4 Å². The number of aldehydes is 1. The van der Waals surface area contributed by atoms with Gasteiger partial charge in [-0.15, -0.1) is 21.6 Å². The third-order valence-corrected chi connectivity index (χ3v) is 0.618. The first kappa shape index (κ1) is 9.63. The lowest BCUT2D eigenvalue weighted by Gasteiger charge is -1.68. The fourth-order valence-electron chi connectivity index (χ4n) is 0.0680. The molecule has 0 aliphatic carbocycles. The van der Waals surface area contributed by atoms with Crippen molar-refractivity contribution in [3.05, 3.63) is 0 Å². The van der Waals surface area contributed by atoms with Crippen molar-refractivity contribution in [2.45, 2.75) is 6.42 Å². The quantitative estimate of drug-likeness (QED) is 0.396. The molecule has 0 heterocycles. The Morgan fingerprint density at radius 2 is 2.17 bits per heavy atom. The largest absolute Gasteiger partial charge is 0.303 e. The molecular weight excluding hydrogens is 118 g/mol. The van der Waals surface area contributed by atoms with E-state index in [0.29, 0.717) is 6.42 Å². The standard InChI is InChI=1S/C3H7OP.ClH/c4-2-1-3-5;/h2H,1,3,5H2;1H. The number of carbonyl (C=O) groups excluding carboxylic acids is 1. The highest BCUT2D eigenvalue weighted by Crippen LogP contribution is 1.79. The Kier molecular flexibility index (Phi) is 14.5. The zero-order valence-corrected chi connectivity index (χ0v) is 5.36. The summed E-state index contributed by atoms with van der Waals surface area (Å²) in [5.41, 5.74) is 0. The van der Waals surface area contributed by atoms with Crippen LogP contribution in [0, 0.1) is 0 Å². The van der Waals surface area contributed by atoms with Gasteiger partial charge in [-0.2, -0.15) is 0 Å². The molecule has 0 aromatic carbocycles. The van der Waals surface area contributed by atoms with Crippen molar-refractivity contribution in [3.63, 3.8) is 0 Å². The third-order valence-electron chi connectivity index (χ3n) is 0.285. The lowest BCUT2D eigenvalue weighted by molar-refractivity contribution is -0.107. The van der Waals surface area contributed by atoms with E-state index < -0.39 is 0 Å². The Morgan fingerprint density at radius 3 is 2.17 bits per heavy atom. The van der Waals surface area contributed by atoms with Crippen LogP contribution in [0.1, 0.15) is 6.42 Å². The van der Waals surface area contributed by atoms with Crippen LogP contribution in [0.5, 0.6) is 0 Å². The van der Waals surface area contributed by atoms with Gasteiger partial charge < -0.3 is 4.79 Å². The van der Waals surface area contributed by atoms with Gasteiger partial charge in [0.2, 0.25) is 0 Å². The maximum atomic E-state index is 9.39. The second kappa shape index (κ2) is 9.04. The van der Waals surface area contributed by atoms with Crippen molar-refractivity contribution in [1.82, 2.24) is 0 Å². The van der Waals surface area contributed by atoms with E-state index in [4.69, 9.17) is 0 Å². The van der Waals surface area contributed by atoms with Crippen molar-refractivity contribution in [2.24, 2.45) is 0 Å². The molecule has 0 spiro atoms. The highest BCUT2D eigenvalue weighted by molar-refractivity contribution is 7.16. The zero-order chi connectivity index (χ0) is 4.12. The summed E-state index contributed by atoms with van der Waals surface area (Å²) in [5.74, 6) is 0. The summed E-state index contributed by atoms with van der Waals surface area (Å²) >= 11 is 0. The molecule has 0 radical (unpaired) electrons. The predicted molar refractivity (Wildman–Crippen MR) is 32.5 cm³/mol. The fourth-order valence-corrected chi connectivity index (χ4v) is 0.204. The average Bonchev–Trinajstić information content (AvgIpc) is 1.41. The van der Waals surface area contributed by atoms with Gasteiger partial charge >= 0.3 is 0 Å². The van der Waals surface area contributed by atoms with Gasteiger partial charge in [-0.25, -0.2) is 0 Å². The van der Waals surface area contributed by atoms with Gasteiger partial charge in [0.25, 0.3) is 0 Å². The van der Waals surface area contributed by atoms with Crippen molar-refractivity contribution in [3.8, 4) is 0 Å². The van der Waals surface area contributed by atoms with Crippen LogP contribution in [0.15, 0.2) is 0 Å². The molecule has 0 amide bonds. The monoisotopic (exact) mass is 126 g/mol. The van der Waals surface area contributed by atoms with Crippen LogP contribution < -0.4 is 0 Å². The van der Waals surface area contributed by atoms with E-state index in [2.05, 4.69) is 9.24 Å². The van der Waals surface area contributed by atoms with Crippen LogP contribution in [0.2, 0.25) is 0 Å². The highest BCUT2D eigenvalue weighted by Gasteiger charge is 1.66. The van der Waals surface area contributed by atoms with Crippen LogP contribution in [0.4, 0.5) is 0 Å². The first-order chi connectivity index (χ1) is 2.41. The molecule has 0 saturated carbocycles. The smallest absolute Gasteiger partial charge is 0.120 e. The molecule has 0 N–H and O–H groups in total. The minimum absolute atomic E-state index is 0.